The Balaban J connectivity index is 1.87. The first-order chi connectivity index (χ1) is 9.60. The van der Waals surface area contributed by atoms with E-state index in [4.69, 9.17) is 0 Å². The van der Waals surface area contributed by atoms with Crippen LogP contribution in [0.15, 0.2) is 6.07 Å². The minimum absolute atomic E-state index is 0.0696. The third-order valence-electron chi connectivity index (χ3n) is 4.06. The van der Waals surface area contributed by atoms with Crippen LogP contribution in [0.1, 0.15) is 39.0 Å². The van der Waals surface area contributed by atoms with Crippen LogP contribution in [0.4, 0.5) is 20.4 Å². The summed E-state index contributed by atoms with van der Waals surface area (Å²) < 4.78 is 26.9. The molecule has 1 aromatic heterocycles. The van der Waals surface area contributed by atoms with Crippen LogP contribution in [0.25, 0.3) is 0 Å². The number of hydrogen-bond acceptors (Lipinski definition) is 3. The lowest BCUT2D eigenvalue weighted by Crippen LogP contribution is -2.17. The van der Waals surface area contributed by atoms with Gasteiger partial charge >= 0.3 is 0 Å². The summed E-state index contributed by atoms with van der Waals surface area (Å²) in [7, 11) is 1.57. The predicted octanol–water partition coefficient (Wildman–Crippen LogP) is 4.03. The van der Waals surface area contributed by atoms with Crippen molar-refractivity contribution in [2.45, 2.75) is 39.0 Å². The minimum atomic E-state index is -0.670. The summed E-state index contributed by atoms with van der Waals surface area (Å²) in [6.45, 7) is 2.97. The van der Waals surface area contributed by atoms with Gasteiger partial charge in [-0.3, -0.25) is 0 Å². The lowest BCUT2D eigenvalue weighted by Gasteiger charge is -2.26. The molecule has 20 heavy (non-hydrogen) atoms. The van der Waals surface area contributed by atoms with Gasteiger partial charge in [-0.1, -0.05) is 26.2 Å². The van der Waals surface area contributed by atoms with E-state index in [2.05, 4.69) is 22.5 Å². The van der Waals surface area contributed by atoms with Crippen molar-refractivity contribution in [1.29, 1.82) is 0 Å². The number of anilines is 2. The minimum Gasteiger partial charge on any atom is -0.371 e. The second-order valence-corrected chi connectivity index (χ2v) is 5.75. The van der Waals surface area contributed by atoms with E-state index in [1.54, 1.807) is 7.05 Å². The molecule has 1 heterocycles. The fraction of sp³-hybridized carbons (Fsp3) is 0.667. The molecule has 1 aromatic rings. The van der Waals surface area contributed by atoms with Crippen LogP contribution in [0.2, 0.25) is 0 Å². The van der Waals surface area contributed by atoms with E-state index in [-0.39, 0.29) is 11.6 Å². The molecule has 3 nitrogen and oxygen atoms in total. The molecule has 112 valence electrons. The third kappa shape index (κ3) is 3.81. The van der Waals surface area contributed by atoms with Gasteiger partial charge in [0.1, 0.15) is 0 Å². The van der Waals surface area contributed by atoms with Crippen molar-refractivity contribution in [3.8, 4) is 0 Å². The quantitative estimate of drug-likeness (QED) is 0.856. The van der Waals surface area contributed by atoms with Crippen molar-refractivity contribution in [3.63, 3.8) is 0 Å². The van der Waals surface area contributed by atoms with Crippen molar-refractivity contribution in [2.75, 3.05) is 24.2 Å². The summed E-state index contributed by atoms with van der Waals surface area (Å²) in [5.74, 6) is 0.388. The van der Waals surface area contributed by atoms with E-state index in [1.165, 1.54) is 25.7 Å². The molecule has 0 amide bonds. The van der Waals surface area contributed by atoms with Gasteiger partial charge in [0, 0.05) is 19.7 Å². The maximum Gasteiger partial charge on any atom is 0.168 e. The van der Waals surface area contributed by atoms with E-state index in [9.17, 15) is 8.78 Å². The SMILES string of the molecule is CNc1nc(NCCC2CCCC(C)C2)c(F)cc1F. The first-order valence-corrected chi connectivity index (χ1v) is 7.37. The highest BCUT2D eigenvalue weighted by Gasteiger charge is 2.18. The van der Waals surface area contributed by atoms with Crippen LogP contribution in [-0.2, 0) is 0 Å². The number of aromatic nitrogens is 1. The monoisotopic (exact) mass is 283 g/mol. The number of nitrogens with one attached hydrogen (secondary N) is 2. The van der Waals surface area contributed by atoms with Gasteiger partial charge in [-0.25, -0.2) is 13.8 Å². The molecule has 0 bridgehead atoms. The molecule has 2 atom stereocenters. The van der Waals surface area contributed by atoms with Crippen molar-refractivity contribution in [2.24, 2.45) is 11.8 Å². The largest absolute Gasteiger partial charge is 0.371 e. The lowest BCUT2D eigenvalue weighted by molar-refractivity contribution is 0.274. The zero-order chi connectivity index (χ0) is 14.5. The molecule has 1 fully saturated rings. The molecule has 1 aliphatic rings. The van der Waals surface area contributed by atoms with Gasteiger partial charge in [-0.05, 0) is 24.7 Å². The summed E-state index contributed by atoms with van der Waals surface area (Å²) >= 11 is 0. The Morgan fingerprint density at radius 3 is 2.70 bits per heavy atom. The molecule has 0 aromatic carbocycles. The van der Waals surface area contributed by atoms with E-state index >= 15 is 0 Å². The average molecular weight is 283 g/mol. The van der Waals surface area contributed by atoms with Crippen LogP contribution in [0.3, 0.4) is 0 Å². The van der Waals surface area contributed by atoms with Crippen LogP contribution in [0.5, 0.6) is 0 Å². The van der Waals surface area contributed by atoms with E-state index in [0.717, 1.165) is 18.4 Å². The number of halogens is 2. The first kappa shape index (κ1) is 15.0. The summed E-state index contributed by atoms with van der Waals surface area (Å²) in [4.78, 5) is 3.92. The average Bonchev–Trinajstić information content (AvgIpc) is 2.41. The molecule has 2 unspecified atom stereocenters. The molecule has 0 spiro atoms. The van der Waals surface area contributed by atoms with E-state index in [0.29, 0.717) is 12.5 Å². The van der Waals surface area contributed by atoms with Crippen LogP contribution >= 0.6 is 0 Å². The Bertz CT molecular complexity index is 451. The molecule has 5 heteroatoms. The second kappa shape index (κ2) is 6.86. The van der Waals surface area contributed by atoms with Gasteiger partial charge < -0.3 is 10.6 Å². The molecular weight excluding hydrogens is 260 g/mol. The van der Waals surface area contributed by atoms with Gasteiger partial charge in [0.2, 0.25) is 0 Å². The van der Waals surface area contributed by atoms with Gasteiger partial charge in [0.25, 0.3) is 0 Å². The van der Waals surface area contributed by atoms with Crippen LogP contribution in [-0.4, -0.2) is 18.6 Å². The fourth-order valence-electron chi connectivity index (χ4n) is 2.98. The van der Waals surface area contributed by atoms with Crippen LogP contribution < -0.4 is 10.6 Å². The van der Waals surface area contributed by atoms with Gasteiger partial charge in [-0.2, -0.15) is 0 Å². The molecule has 0 saturated heterocycles. The Labute approximate surface area is 119 Å². The Kier molecular flexibility index (Phi) is 5.15. The lowest BCUT2D eigenvalue weighted by atomic mass is 9.81. The topological polar surface area (TPSA) is 37.0 Å². The highest BCUT2D eigenvalue weighted by atomic mass is 19.1. The highest BCUT2D eigenvalue weighted by molar-refractivity contribution is 5.47. The van der Waals surface area contributed by atoms with Crippen molar-refractivity contribution in [3.05, 3.63) is 17.7 Å². The number of nitrogens with zero attached hydrogens (tertiary/aromatic N) is 1. The van der Waals surface area contributed by atoms with E-state index in [1.807, 2.05) is 0 Å². The zero-order valence-corrected chi connectivity index (χ0v) is 12.2. The maximum absolute atomic E-state index is 13.6. The van der Waals surface area contributed by atoms with Gasteiger partial charge in [0.15, 0.2) is 23.3 Å². The molecule has 1 saturated carbocycles. The second-order valence-electron chi connectivity index (χ2n) is 5.75. The smallest absolute Gasteiger partial charge is 0.168 e. The predicted molar refractivity (Wildman–Crippen MR) is 77.9 cm³/mol. The van der Waals surface area contributed by atoms with Crippen LogP contribution in [0, 0.1) is 23.5 Å². The number of hydrogen-bond donors (Lipinski definition) is 2. The molecular formula is C15H23F2N3. The fourth-order valence-corrected chi connectivity index (χ4v) is 2.98. The Morgan fingerprint density at radius 2 is 2.00 bits per heavy atom. The van der Waals surface area contributed by atoms with Gasteiger partial charge in [0.05, 0.1) is 0 Å². The Hall–Kier alpha value is -1.39. The Morgan fingerprint density at radius 1 is 1.25 bits per heavy atom. The molecule has 1 aliphatic carbocycles. The van der Waals surface area contributed by atoms with Crippen molar-refractivity contribution in [1.82, 2.24) is 4.98 Å². The maximum atomic E-state index is 13.6. The first-order valence-electron chi connectivity index (χ1n) is 7.37. The van der Waals surface area contributed by atoms with Crippen molar-refractivity contribution >= 4 is 11.6 Å². The summed E-state index contributed by atoms with van der Waals surface area (Å²) in [6.07, 6.45) is 6.14. The molecule has 0 aliphatic heterocycles. The number of rotatable bonds is 5. The summed E-state index contributed by atoms with van der Waals surface area (Å²) in [6, 6.07) is 0.865. The number of pyridine rings is 1. The molecule has 0 radical (unpaired) electrons. The third-order valence-corrected chi connectivity index (χ3v) is 4.06. The molecule has 2 N–H and O–H groups in total. The normalized spacial score (nSPS) is 22.6. The summed E-state index contributed by atoms with van der Waals surface area (Å²) in [5.41, 5.74) is 0. The standard InChI is InChI=1S/C15H23F2N3/c1-10-4-3-5-11(8-10)6-7-19-15-13(17)9-12(16)14(18-2)20-15/h9-11H,3-8H2,1-2H3,(H2,18,19,20). The van der Waals surface area contributed by atoms with Gasteiger partial charge in [-0.15, -0.1) is 0 Å². The molecule has 2 rings (SSSR count). The van der Waals surface area contributed by atoms with Crippen molar-refractivity contribution < 1.29 is 8.78 Å². The zero-order valence-electron chi connectivity index (χ0n) is 12.2. The summed E-state index contributed by atoms with van der Waals surface area (Å²) in [5, 5.41) is 5.60. The highest BCUT2D eigenvalue weighted by Crippen LogP contribution is 2.30. The van der Waals surface area contributed by atoms with E-state index < -0.39 is 11.6 Å².